The van der Waals surface area contributed by atoms with Crippen molar-refractivity contribution in [3.05, 3.63) is 87.5 Å². The van der Waals surface area contributed by atoms with Crippen molar-refractivity contribution >= 4 is 21.5 Å². The molecule has 0 fully saturated rings. The smallest absolute Gasteiger partial charge is 0.295 e. The first-order valence-electron chi connectivity index (χ1n) is 9.03. The lowest BCUT2D eigenvalue weighted by atomic mass is 9.83. The maximum Gasteiger partial charge on any atom is 0.295 e. The molecule has 0 unspecified atom stereocenters. The number of hydrogen-bond acceptors (Lipinski definition) is 4. The predicted octanol–water partition coefficient (Wildman–Crippen LogP) is 4.53. The summed E-state index contributed by atoms with van der Waals surface area (Å²) >= 11 is 0. The zero-order valence-electron chi connectivity index (χ0n) is 16.6. The molecule has 150 valence electrons. The van der Waals surface area contributed by atoms with Crippen LogP contribution in [0.3, 0.4) is 0 Å². The first kappa shape index (κ1) is 20.8. The molecular formula is C23H22O5S. The van der Waals surface area contributed by atoms with E-state index in [9.17, 15) is 22.9 Å². The van der Waals surface area contributed by atoms with Crippen LogP contribution in [0.2, 0.25) is 0 Å². The molecule has 0 amide bonds. The largest absolute Gasteiger partial charge is 0.508 e. The van der Waals surface area contributed by atoms with Crippen LogP contribution in [0, 0.1) is 13.8 Å². The summed E-state index contributed by atoms with van der Waals surface area (Å²) in [5, 5.41) is 10.1. The van der Waals surface area contributed by atoms with Gasteiger partial charge < -0.3 is 5.11 Å². The fourth-order valence-electron chi connectivity index (χ4n) is 3.46. The summed E-state index contributed by atoms with van der Waals surface area (Å²) in [4.78, 5) is 11.9. The summed E-state index contributed by atoms with van der Waals surface area (Å²) in [6.45, 7) is 7.06. The highest BCUT2D eigenvalue weighted by Crippen LogP contribution is 2.39. The maximum absolute atomic E-state index is 12.1. The van der Waals surface area contributed by atoms with Gasteiger partial charge in [-0.25, -0.2) is 0 Å². The summed E-state index contributed by atoms with van der Waals surface area (Å²) in [6, 6.07) is 9.59. The van der Waals surface area contributed by atoms with Crippen LogP contribution < -0.4 is 0 Å². The topological polar surface area (TPSA) is 91.7 Å². The van der Waals surface area contributed by atoms with Gasteiger partial charge in [0.1, 0.15) is 10.6 Å². The Morgan fingerprint density at radius 3 is 2.17 bits per heavy atom. The number of phenols is 1. The third-order valence-electron chi connectivity index (χ3n) is 5.04. The molecule has 0 radical (unpaired) electrons. The minimum absolute atomic E-state index is 0.104. The number of carbonyl (C=O) groups is 1. The number of aryl methyl sites for hydroxylation is 2. The van der Waals surface area contributed by atoms with Gasteiger partial charge in [0.15, 0.2) is 5.78 Å². The molecule has 0 atom stereocenters. The van der Waals surface area contributed by atoms with Crippen LogP contribution in [0.1, 0.15) is 36.1 Å². The average Bonchev–Trinajstić information content (AvgIpc) is 2.63. The van der Waals surface area contributed by atoms with Gasteiger partial charge in [-0.1, -0.05) is 18.2 Å². The van der Waals surface area contributed by atoms with E-state index in [4.69, 9.17) is 0 Å². The number of carbonyl (C=O) groups excluding carboxylic acids is 1. The summed E-state index contributed by atoms with van der Waals surface area (Å²) < 4.78 is 34.0. The normalized spacial score (nSPS) is 16.4. The lowest BCUT2D eigenvalue weighted by Gasteiger charge is -2.21. The van der Waals surface area contributed by atoms with Gasteiger partial charge in [0.25, 0.3) is 10.1 Å². The lowest BCUT2D eigenvalue weighted by molar-refractivity contribution is -0.111. The third-order valence-corrected chi connectivity index (χ3v) is 5.95. The fraction of sp³-hybridized carbons (Fsp3) is 0.174. The summed E-state index contributed by atoms with van der Waals surface area (Å²) in [7, 11) is -4.49. The van der Waals surface area contributed by atoms with Crippen molar-refractivity contribution in [1.29, 1.82) is 0 Å². The molecule has 2 aromatic carbocycles. The van der Waals surface area contributed by atoms with Crippen LogP contribution in [-0.2, 0) is 14.9 Å². The van der Waals surface area contributed by atoms with Crippen LogP contribution in [0.4, 0.5) is 0 Å². The van der Waals surface area contributed by atoms with Crippen molar-refractivity contribution in [2.75, 3.05) is 0 Å². The molecule has 0 saturated carbocycles. The lowest BCUT2D eigenvalue weighted by Crippen LogP contribution is -2.09. The number of allylic oxidation sites excluding steroid dienone is 5. The first-order chi connectivity index (χ1) is 13.5. The molecule has 0 spiro atoms. The second kappa shape index (κ2) is 7.46. The monoisotopic (exact) mass is 410 g/mol. The van der Waals surface area contributed by atoms with Gasteiger partial charge >= 0.3 is 0 Å². The second-order valence-corrected chi connectivity index (χ2v) is 8.62. The van der Waals surface area contributed by atoms with Crippen LogP contribution in [0.5, 0.6) is 5.75 Å². The van der Waals surface area contributed by atoms with E-state index in [1.165, 1.54) is 18.2 Å². The molecule has 1 aliphatic rings. The summed E-state index contributed by atoms with van der Waals surface area (Å²) in [6.07, 6.45) is 3.25. The van der Waals surface area contributed by atoms with E-state index >= 15 is 0 Å². The Morgan fingerprint density at radius 1 is 0.862 bits per heavy atom. The zero-order chi connectivity index (χ0) is 21.5. The summed E-state index contributed by atoms with van der Waals surface area (Å²) in [5.41, 5.74) is 4.86. The molecule has 0 bridgehead atoms. The Labute approximate surface area is 170 Å². The van der Waals surface area contributed by atoms with E-state index < -0.39 is 10.1 Å². The van der Waals surface area contributed by atoms with Gasteiger partial charge in [-0.15, -0.1) is 0 Å². The van der Waals surface area contributed by atoms with E-state index in [-0.39, 0.29) is 16.4 Å². The van der Waals surface area contributed by atoms with Gasteiger partial charge in [-0.3, -0.25) is 9.35 Å². The van der Waals surface area contributed by atoms with Crippen molar-refractivity contribution in [3.8, 4) is 5.75 Å². The maximum atomic E-state index is 12.1. The Morgan fingerprint density at radius 2 is 1.52 bits per heavy atom. The molecular weight excluding hydrogens is 388 g/mol. The standard InChI is InChI=1S/C23H22O5S/c1-13-11-20(24)15(3)9-18(13)23(19-10-16(4)21(25)12-14(19)2)17-7-5-6-8-22(17)29(26,27)28/h5-12,24H,1-4H3,(H,26,27,28)/b23-19-. The van der Waals surface area contributed by atoms with Crippen LogP contribution in [0.25, 0.3) is 5.57 Å². The molecule has 1 aliphatic carbocycles. The number of phenolic OH excluding ortho intramolecular Hbond substituents is 1. The SMILES string of the molecule is CC1=C/C(=C(/c2cc(C)c(O)cc2C)c2ccccc2S(=O)(=O)O)C(C)=CC1=O. The number of aromatic hydroxyl groups is 1. The molecule has 0 saturated heterocycles. The Bertz CT molecular complexity index is 1230. The third kappa shape index (κ3) is 3.95. The molecule has 29 heavy (non-hydrogen) atoms. The highest BCUT2D eigenvalue weighted by atomic mass is 32.2. The highest BCUT2D eigenvalue weighted by Gasteiger charge is 2.24. The van der Waals surface area contributed by atoms with Crippen LogP contribution >= 0.6 is 0 Å². The molecule has 0 heterocycles. The molecule has 6 heteroatoms. The quantitative estimate of drug-likeness (QED) is 0.725. The highest BCUT2D eigenvalue weighted by molar-refractivity contribution is 7.86. The van der Waals surface area contributed by atoms with Crippen molar-refractivity contribution in [2.24, 2.45) is 0 Å². The molecule has 0 aromatic heterocycles. The number of benzene rings is 2. The minimum Gasteiger partial charge on any atom is -0.508 e. The van der Waals surface area contributed by atoms with Crippen LogP contribution in [-0.4, -0.2) is 23.9 Å². The molecule has 3 rings (SSSR count). The van der Waals surface area contributed by atoms with E-state index in [0.29, 0.717) is 39.0 Å². The van der Waals surface area contributed by atoms with Crippen molar-refractivity contribution in [1.82, 2.24) is 0 Å². The molecule has 5 nitrogen and oxygen atoms in total. The molecule has 2 aromatic rings. The number of ketones is 1. The van der Waals surface area contributed by atoms with E-state index in [2.05, 4.69) is 0 Å². The Balaban J connectivity index is 2.51. The average molecular weight is 410 g/mol. The van der Waals surface area contributed by atoms with Crippen LogP contribution in [0.15, 0.2) is 70.2 Å². The molecule has 2 N–H and O–H groups in total. The molecule has 0 aliphatic heterocycles. The number of rotatable bonds is 3. The van der Waals surface area contributed by atoms with Gasteiger partial charge in [0, 0.05) is 5.56 Å². The zero-order valence-corrected chi connectivity index (χ0v) is 17.5. The summed E-state index contributed by atoms with van der Waals surface area (Å²) in [5.74, 6) is 0.0312. The first-order valence-corrected chi connectivity index (χ1v) is 10.5. The minimum atomic E-state index is -4.49. The van der Waals surface area contributed by atoms with Gasteiger partial charge in [0.05, 0.1) is 0 Å². The fourth-order valence-corrected chi connectivity index (χ4v) is 4.16. The second-order valence-electron chi connectivity index (χ2n) is 7.23. The Kier molecular flexibility index (Phi) is 5.34. The Hall–Kier alpha value is -2.96. The van der Waals surface area contributed by atoms with Crippen molar-refractivity contribution < 1.29 is 22.9 Å². The van der Waals surface area contributed by atoms with Crippen molar-refractivity contribution in [3.63, 3.8) is 0 Å². The van der Waals surface area contributed by atoms with Gasteiger partial charge in [-0.2, -0.15) is 8.42 Å². The van der Waals surface area contributed by atoms with E-state index in [1.807, 2.05) is 6.92 Å². The van der Waals surface area contributed by atoms with E-state index in [1.54, 1.807) is 51.1 Å². The van der Waals surface area contributed by atoms with Crippen molar-refractivity contribution in [2.45, 2.75) is 32.6 Å². The predicted molar refractivity (Wildman–Crippen MR) is 112 cm³/mol. The van der Waals surface area contributed by atoms with Gasteiger partial charge in [0.2, 0.25) is 0 Å². The van der Waals surface area contributed by atoms with Gasteiger partial charge in [-0.05, 0) is 97.0 Å². The number of hydrogen-bond donors (Lipinski definition) is 2. The van der Waals surface area contributed by atoms with E-state index in [0.717, 1.165) is 5.56 Å².